The largest absolute Gasteiger partial charge is 0.388 e. The molecule has 0 aromatic carbocycles. The Bertz CT molecular complexity index is 544. The zero-order valence-corrected chi connectivity index (χ0v) is 10.5. The van der Waals surface area contributed by atoms with Crippen LogP contribution in [0.5, 0.6) is 0 Å². The minimum atomic E-state index is -0.289. The van der Waals surface area contributed by atoms with Gasteiger partial charge in [0.1, 0.15) is 0 Å². The van der Waals surface area contributed by atoms with Gasteiger partial charge in [-0.25, -0.2) is 0 Å². The summed E-state index contributed by atoms with van der Waals surface area (Å²) >= 11 is 0. The van der Waals surface area contributed by atoms with E-state index in [-0.39, 0.29) is 6.10 Å². The number of hydrogen-bond acceptors (Lipinski definition) is 4. The van der Waals surface area contributed by atoms with Crippen molar-refractivity contribution in [1.29, 1.82) is 0 Å². The molecular weight excluding hydrogens is 230 g/mol. The van der Waals surface area contributed by atoms with Crippen LogP contribution >= 0.6 is 0 Å². The zero-order valence-electron chi connectivity index (χ0n) is 10.5. The molecule has 18 heavy (non-hydrogen) atoms. The third kappa shape index (κ3) is 2.06. The molecule has 2 aromatic heterocycles. The Balaban J connectivity index is 1.73. The third-order valence-corrected chi connectivity index (χ3v) is 3.51. The smallest absolute Gasteiger partial charge is 0.223 e. The van der Waals surface area contributed by atoms with Crippen molar-refractivity contribution >= 4 is 0 Å². The monoisotopic (exact) mass is 247 g/mol. The molecule has 1 N–H and O–H groups in total. The Hall–Kier alpha value is -1.62. The Morgan fingerprint density at radius 3 is 3.22 bits per heavy atom. The van der Waals surface area contributed by atoms with Crippen molar-refractivity contribution in [3.8, 4) is 0 Å². The van der Waals surface area contributed by atoms with Crippen LogP contribution in [-0.4, -0.2) is 19.8 Å². The van der Waals surface area contributed by atoms with Crippen LogP contribution in [-0.2, 0) is 19.4 Å². The first-order valence-corrected chi connectivity index (χ1v) is 6.39. The fourth-order valence-electron chi connectivity index (χ4n) is 2.60. The minimum Gasteiger partial charge on any atom is -0.388 e. The number of aliphatic hydroxyl groups is 1. The highest BCUT2D eigenvalue weighted by Gasteiger charge is 2.21. The minimum absolute atomic E-state index is 0.289. The second-order valence-corrected chi connectivity index (χ2v) is 4.80. The first-order valence-electron chi connectivity index (χ1n) is 6.39. The van der Waals surface area contributed by atoms with Crippen molar-refractivity contribution in [3.05, 3.63) is 35.2 Å². The van der Waals surface area contributed by atoms with Gasteiger partial charge in [-0.15, -0.1) is 0 Å². The summed E-state index contributed by atoms with van der Waals surface area (Å²) < 4.78 is 7.15. The summed E-state index contributed by atoms with van der Waals surface area (Å²) in [6.07, 6.45) is 5.49. The van der Waals surface area contributed by atoms with Crippen LogP contribution in [0.1, 0.15) is 41.9 Å². The summed E-state index contributed by atoms with van der Waals surface area (Å²) in [6.45, 7) is 2.63. The number of nitrogens with zero attached hydrogens (tertiary/aromatic N) is 3. The quantitative estimate of drug-likeness (QED) is 0.898. The summed E-state index contributed by atoms with van der Waals surface area (Å²) in [4.78, 5) is 4.20. The average Bonchev–Trinajstić information content (AvgIpc) is 2.94. The molecule has 3 rings (SSSR count). The lowest BCUT2D eigenvalue weighted by Gasteiger charge is -2.19. The van der Waals surface area contributed by atoms with E-state index >= 15 is 0 Å². The molecule has 0 aliphatic heterocycles. The van der Waals surface area contributed by atoms with E-state index < -0.39 is 0 Å². The van der Waals surface area contributed by atoms with E-state index in [1.807, 2.05) is 12.3 Å². The predicted molar refractivity (Wildman–Crippen MR) is 65.1 cm³/mol. The summed E-state index contributed by atoms with van der Waals surface area (Å²) in [6, 6.07) is 2.03. The molecule has 0 bridgehead atoms. The van der Waals surface area contributed by atoms with Gasteiger partial charge in [-0.05, 0) is 25.3 Å². The van der Waals surface area contributed by atoms with Gasteiger partial charge in [-0.3, -0.25) is 0 Å². The number of aryl methyl sites for hydroxylation is 3. The SMILES string of the molecule is Cc1nc(CCn2ccc3c2CCCC3O)no1. The topological polar surface area (TPSA) is 64.1 Å². The molecule has 0 saturated heterocycles. The molecule has 1 unspecified atom stereocenters. The van der Waals surface area contributed by atoms with Crippen molar-refractivity contribution < 1.29 is 9.63 Å². The van der Waals surface area contributed by atoms with E-state index in [2.05, 4.69) is 14.7 Å². The first-order chi connectivity index (χ1) is 8.74. The van der Waals surface area contributed by atoms with Gasteiger partial charge in [0.05, 0.1) is 6.10 Å². The van der Waals surface area contributed by atoms with Gasteiger partial charge in [0, 0.05) is 37.3 Å². The normalized spacial score (nSPS) is 18.9. The van der Waals surface area contributed by atoms with E-state index in [0.717, 1.165) is 43.6 Å². The van der Waals surface area contributed by atoms with Gasteiger partial charge in [-0.2, -0.15) is 4.98 Å². The summed E-state index contributed by atoms with van der Waals surface area (Å²) in [5.41, 5.74) is 2.35. The van der Waals surface area contributed by atoms with Crippen LogP contribution in [0.4, 0.5) is 0 Å². The van der Waals surface area contributed by atoms with E-state index in [4.69, 9.17) is 4.52 Å². The Morgan fingerprint density at radius 2 is 2.44 bits per heavy atom. The highest BCUT2D eigenvalue weighted by molar-refractivity contribution is 5.27. The van der Waals surface area contributed by atoms with Crippen molar-refractivity contribution in [2.75, 3.05) is 0 Å². The lowest BCUT2D eigenvalue weighted by Crippen LogP contribution is -2.13. The zero-order chi connectivity index (χ0) is 12.5. The van der Waals surface area contributed by atoms with Gasteiger partial charge in [0.25, 0.3) is 0 Å². The Morgan fingerprint density at radius 1 is 1.56 bits per heavy atom. The maximum atomic E-state index is 9.91. The van der Waals surface area contributed by atoms with Crippen LogP contribution in [0.15, 0.2) is 16.8 Å². The average molecular weight is 247 g/mol. The molecule has 0 saturated carbocycles. The molecule has 2 aromatic rings. The molecule has 0 radical (unpaired) electrons. The van der Waals surface area contributed by atoms with Gasteiger partial charge in [-0.1, -0.05) is 5.16 Å². The number of hydrogen-bond donors (Lipinski definition) is 1. The molecule has 1 atom stereocenters. The highest BCUT2D eigenvalue weighted by Crippen LogP contribution is 2.30. The lowest BCUT2D eigenvalue weighted by molar-refractivity contribution is 0.155. The molecule has 5 heteroatoms. The Kier molecular flexibility index (Phi) is 2.91. The summed E-state index contributed by atoms with van der Waals surface area (Å²) in [7, 11) is 0. The number of fused-ring (bicyclic) bond motifs is 1. The number of rotatable bonds is 3. The fourth-order valence-corrected chi connectivity index (χ4v) is 2.60. The molecule has 2 heterocycles. The molecule has 5 nitrogen and oxygen atoms in total. The maximum absolute atomic E-state index is 9.91. The molecule has 0 fully saturated rings. The molecular formula is C13H17N3O2. The second kappa shape index (κ2) is 4.57. The van der Waals surface area contributed by atoms with Crippen LogP contribution in [0, 0.1) is 6.92 Å². The third-order valence-electron chi connectivity index (χ3n) is 3.51. The fraction of sp³-hybridized carbons (Fsp3) is 0.538. The van der Waals surface area contributed by atoms with E-state index in [9.17, 15) is 5.11 Å². The first kappa shape index (κ1) is 11.5. The van der Waals surface area contributed by atoms with Crippen LogP contribution in [0.25, 0.3) is 0 Å². The van der Waals surface area contributed by atoms with Gasteiger partial charge in [0.15, 0.2) is 5.82 Å². The van der Waals surface area contributed by atoms with Crippen LogP contribution < -0.4 is 0 Å². The Labute approximate surface area is 105 Å². The van der Waals surface area contributed by atoms with Crippen molar-refractivity contribution in [3.63, 3.8) is 0 Å². The summed E-state index contributed by atoms with van der Waals surface area (Å²) in [5, 5.41) is 13.8. The van der Waals surface area contributed by atoms with Gasteiger partial charge < -0.3 is 14.2 Å². The molecule has 0 spiro atoms. The second-order valence-electron chi connectivity index (χ2n) is 4.80. The molecule has 1 aliphatic rings. The molecule has 1 aliphatic carbocycles. The van der Waals surface area contributed by atoms with Crippen molar-refractivity contribution in [2.24, 2.45) is 0 Å². The van der Waals surface area contributed by atoms with Crippen molar-refractivity contribution in [1.82, 2.24) is 14.7 Å². The van der Waals surface area contributed by atoms with Crippen LogP contribution in [0.2, 0.25) is 0 Å². The standard InChI is InChI=1S/C13H17N3O2/c1-9-14-13(15-18-9)6-8-16-7-5-10-11(16)3-2-4-12(10)17/h5,7,12,17H,2-4,6,8H2,1H3. The lowest BCUT2D eigenvalue weighted by atomic mass is 9.95. The maximum Gasteiger partial charge on any atom is 0.223 e. The summed E-state index contributed by atoms with van der Waals surface area (Å²) in [5.74, 6) is 1.35. The van der Waals surface area contributed by atoms with Gasteiger partial charge in [0.2, 0.25) is 5.89 Å². The molecule has 0 amide bonds. The van der Waals surface area contributed by atoms with E-state index in [1.165, 1.54) is 5.69 Å². The highest BCUT2D eigenvalue weighted by atomic mass is 16.5. The number of aromatic nitrogens is 3. The number of aliphatic hydroxyl groups excluding tert-OH is 1. The van der Waals surface area contributed by atoms with Gasteiger partial charge >= 0.3 is 0 Å². The predicted octanol–water partition coefficient (Wildman–Crippen LogP) is 1.79. The van der Waals surface area contributed by atoms with Crippen LogP contribution in [0.3, 0.4) is 0 Å². The molecule has 96 valence electrons. The van der Waals surface area contributed by atoms with E-state index in [0.29, 0.717) is 5.89 Å². The van der Waals surface area contributed by atoms with Crippen molar-refractivity contribution in [2.45, 2.75) is 45.3 Å². The van der Waals surface area contributed by atoms with E-state index in [1.54, 1.807) is 6.92 Å².